The molecule has 5 atom stereocenters. The van der Waals surface area contributed by atoms with E-state index in [2.05, 4.69) is 12.2 Å². The first-order valence-corrected chi connectivity index (χ1v) is 12.5. The summed E-state index contributed by atoms with van der Waals surface area (Å²) >= 11 is 0. The van der Waals surface area contributed by atoms with E-state index >= 15 is 0 Å². The summed E-state index contributed by atoms with van der Waals surface area (Å²) in [5, 5.41) is 8.24. The highest BCUT2D eigenvalue weighted by Gasteiger charge is 2.56. The molecule has 6 nitrogen and oxygen atoms in total. The normalized spacial score (nSPS) is 33.2. The average Bonchev–Trinajstić information content (AvgIpc) is 2.96. The summed E-state index contributed by atoms with van der Waals surface area (Å²) in [5.74, 6) is 2.20. The number of nitrogens with two attached hydrogens (primary N) is 1. The Balaban J connectivity index is 1.56. The minimum absolute atomic E-state index is 0.0602. The van der Waals surface area contributed by atoms with Crippen LogP contribution in [-0.4, -0.2) is 19.9 Å². The molecule has 2 fully saturated rings. The molecule has 1 aromatic rings. The Morgan fingerprint density at radius 3 is 2.60 bits per heavy atom. The van der Waals surface area contributed by atoms with Crippen LogP contribution in [0, 0.1) is 23.2 Å². The fraction of sp³-hybridized carbons (Fsp3) is 0.696. The summed E-state index contributed by atoms with van der Waals surface area (Å²) in [7, 11) is -4.01. The number of amides is 1. The fourth-order valence-corrected chi connectivity index (χ4v) is 7.00. The Hall–Kier alpha value is -1.60. The Bertz CT molecular complexity index is 952. The average molecular weight is 435 g/mol. The van der Waals surface area contributed by atoms with Crippen molar-refractivity contribution in [2.75, 3.05) is 0 Å². The van der Waals surface area contributed by atoms with Gasteiger partial charge in [0.15, 0.2) is 0 Å². The summed E-state index contributed by atoms with van der Waals surface area (Å²) in [5.41, 5.74) is 2.34. The van der Waals surface area contributed by atoms with Crippen LogP contribution in [0.25, 0.3) is 0 Å². The first-order valence-electron chi connectivity index (χ1n) is 11.0. The van der Waals surface area contributed by atoms with Gasteiger partial charge in [-0.2, -0.15) is 13.6 Å². The van der Waals surface area contributed by atoms with Crippen molar-refractivity contribution < 1.29 is 17.4 Å². The van der Waals surface area contributed by atoms with Crippen molar-refractivity contribution in [3.05, 3.63) is 29.3 Å². The molecular weight excluding hydrogens is 400 g/mol. The highest BCUT2D eigenvalue weighted by atomic mass is 32.2. The number of hydrogen-bond donors (Lipinski definition) is 2. The van der Waals surface area contributed by atoms with Gasteiger partial charge >= 0.3 is 10.3 Å². The van der Waals surface area contributed by atoms with Crippen molar-refractivity contribution in [3.63, 3.8) is 0 Å². The monoisotopic (exact) mass is 434 g/mol. The number of aryl methyl sites for hydroxylation is 1. The molecule has 0 aliphatic heterocycles. The Kier molecular flexibility index (Phi) is 5.21. The van der Waals surface area contributed by atoms with Crippen LogP contribution in [0.4, 0.5) is 0 Å². The second-order valence-electron chi connectivity index (χ2n) is 10.8. The molecule has 0 saturated heterocycles. The number of nitrogens with one attached hydrogen (secondary N) is 1. The molecule has 4 rings (SSSR count). The van der Waals surface area contributed by atoms with Crippen LogP contribution < -0.4 is 14.6 Å². The lowest BCUT2D eigenvalue weighted by molar-refractivity contribution is -0.131. The van der Waals surface area contributed by atoms with Crippen molar-refractivity contribution in [1.82, 2.24) is 5.32 Å². The Labute approximate surface area is 180 Å². The maximum Gasteiger partial charge on any atom is 0.380 e. The van der Waals surface area contributed by atoms with Gasteiger partial charge in [0.25, 0.3) is 0 Å². The molecule has 0 heterocycles. The molecule has 2 saturated carbocycles. The number of carbonyl (C=O) groups is 1. The molecule has 0 radical (unpaired) electrons. The molecule has 0 bridgehead atoms. The summed E-state index contributed by atoms with van der Waals surface area (Å²) < 4.78 is 27.4. The SMILES string of the molecule is CC(C)(C)NC(=O)[C@H]1CC[C@H]2[C@@H]3CCc4cc(OS(N)(=O)=O)ccc4[C@H]3CC[C@]12C. The number of fused-ring (bicyclic) bond motifs is 5. The molecular formula is C23H34N2O4S. The molecule has 1 aromatic carbocycles. The highest BCUT2D eigenvalue weighted by molar-refractivity contribution is 7.84. The van der Waals surface area contributed by atoms with Crippen LogP contribution in [-0.2, 0) is 21.5 Å². The van der Waals surface area contributed by atoms with Crippen molar-refractivity contribution >= 4 is 16.2 Å². The summed E-state index contributed by atoms with van der Waals surface area (Å²) in [6, 6.07) is 5.57. The fourth-order valence-electron chi connectivity index (χ4n) is 6.63. The van der Waals surface area contributed by atoms with Gasteiger partial charge in [0.2, 0.25) is 5.91 Å². The van der Waals surface area contributed by atoms with E-state index in [1.807, 2.05) is 32.9 Å². The lowest BCUT2D eigenvalue weighted by Gasteiger charge is -2.50. The molecule has 3 aliphatic carbocycles. The molecule has 3 N–H and O–H groups in total. The minimum atomic E-state index is -4.01. The third-order valence-electron chi connectivity index (χ3n) is 7.73. The lowest BCUT2D eigenvalue weighted by atomic mass is 9.54. The predicted octanol–water partition coefficient (Wildman–Crippen LogP) is 3.66. The molecule has 0 unspecified atom stereocenters. The van der Waals surface area contributed by atoms with Gasteiger partial charge in [-0.05, 0) is 106 Å². The molecule has 1 amide bonds. The third kappa shape index (κ3) is 3.98. The zero-order chi connectivity index (χ0) is 21.9. The zero-order valence-electron chi connectivity index (χ0n) is 18.4. The van der Waals surface area contributed by atoms with Gasteiger partial charge in [-0.1, -0.05) is 13.0 Å². The van der Waals surface area contributed by atoms with Gasteiger partial charge in [-0.3, -0.25) is 4.79 Å². The number of rotatable bonds is 3. The van der Waals surface area contributed by atoms with Crippen LogP contribution in [0.3, 0.4) is 0 Å². The maximum absolute atomic E-state index is 13.0. The van der Waals surface area contributed by atoms with Gasteiger partial charge in [-0.25, -0.2) is 0 Å². The van der Waals surface area contributed by atoms with Crippen molar-refractivity contribution in [2.45, 2.75) is 77.7 Å². The van der Waals surface area contributed by atoms with Gasteiger partial charge in [0, 0.05) is 11.5 Å². The quantitative estimate of drug-likeness (QED) is 0.758. The van der Waals surface area contributed by atoms with Crippen molar-refractivity contribution in [1.29, 1.82) is 0 Å². The summed E-state index contributed by atoms with van der Waals surface area (Å²) in [4.78, 5) is 13.0. The lowest BCUT2D eigenvalue weighted by Crippen LogP contribution is -2.50. The molecule has 30 heavy (non-hydrogen) atoms. The second kappa shape index (κ2) is 7.23. The van der Waals surface area contributed by atoms with E-state index in [4.69, 9.17) is 9.32 Å². The topological polar surface area (TPSA) is 98.5 Å². The van der Waals surface area contributed by atoms with E-state index in [9.17, 15) is 13.2 Å². The molecule has 3 aliphatic rings. The van der Waals surface area contributed by atoms with E-state index in [0.717, 1.165) is 38.5 Å². The summed E-state index contributed by atoms with van der Waals surface area (Å²) in [6.45, 7) is 8.47. The molecule has 7 heteroatoms. The van der Waals surface area contributed by atoms with E-state index in [1.54, 1.807) is 6.07 Å². The highest BCUT2D eigenvalue weighted by Crippen LogP contribution is 2.63. The largest absolute Gasteiger partial charge is 0.380 e. The minimum Gasteiger partial charge on any atom is -0.371 e. The van der Waals surface area contributed by atoms with E-state index in [1.165, 1.54) is 11.1 Å². The van der Waals surface area contributed by atoms with Crippen molar-refractivity contribution in [2.24, 2.45) is 28.3 Å². The molecule has 166 valence electrons. The molecule has 0 spiro atoms. The van der Waals surface area contributed by atoms with Gasteiger partial charge in [-0.15, -0.1) is 0 Å². The van der Waals surface area contributed by atoms with Crippen LogP contribution >= 0.6 is 0 Å². The first kappa shape index (κ1) is 21.6. The van der Waals surface area contributed by atoms with Crippen LogP contribution in [0.5, 0.6) is 5.75 Å². The van der Waals surface area contributed by atoms with Crippen LogP contribution in [0.2, 0.25) is 0 Å². The smallest absolute Gasteiger partial charge is 0.371 e. The van der Waals surface area contributed by atoms with Crippen LogP contribution in [0.1, 0.15) is 76.8 Å². The first-order chi connectivity index (χ1) is 13.9. The number of benzene rings is 1. The zero-order valence-corrected chi connectivity index (χ0v) is 19.2. The van der Waals surface area contributed by atoms with Gasteiger partial charge < -0.3 is 9.50 Å². The van der Waals surface area contributed by atoms with E-state index in [0.29, 0.717) is 17.8 Å². The van der Waals surface area contributed by atoms with Gasteiger partial charge in [0.05, 0.1) is 0 Å². The number of hydrogen-bond acceptors (Lipinski definition) is 4. The van der Waals surface area contributed by atoms with Gasteiger partial charge in [0.1, 0.15) is 5.75 Å². The second-order valence-corrected chi connectivity index (χ2v) is 11.9. The van der Waals surface area contributed by atoms with Crippen LogP contribution in [0.15, 0.2) is 18.2 Å². The van der Waals surface area contributed by atoms with E-state index in [-0.39, 0.29) is 28.5 Å². The van der Waals surface area contributed by atoms with E-state index < -0.39 is 10.3 Å². The maximum atomic E-state index is 13.0. The Morgan fingerprint density at radius 2 is 1.93 bits per heavy atom. The van der Waals surface area contributed by atoms with Crippen molar-refractivity contribution in [3.8, 4) is 5.75 Å². The standard InChI is InChI=1S/C23H34N2O4S/c1-22(2,3)25-21(26)20-10-9-19-18-7-5-14-13-15(29-30(24,27)28)6-8-16(14)17(18)11-12-23(19,20)4/h6,8,13,17-20H,5,7,9-12H2,1-4H3,(H,25,26)(H2,24,27,28)/t17-,18-,19+,20-,23+/m1/s1. The predicted molar refractivity (Wildman–Crippen MR) is 116 cm³/mol. The number of carbonyl (C=O) groups excluding carboxylic acids is 1. The molecule has 0 aromatic heterocycles. The third-order valence-corrected chi connectivity index (χ3v) is 8.15. The Morgan fingerprint density at radius 1 is 1.20 bits per heavy atom. The summed E-state index contributed by atoms with van der Waals surface area (Å²) in [6.07, 6.45) is 6.19.